The van der Waals surface area contributed by atoms with Crippen molar-refractivity contribution in [3.8, 4) is 0 Å². The molecule has 80 valence electrons. The molecule has 7 heteroatoms. The Morgan fingerprint density at radius 2 is 2.36 bits per heavy atom. The second kappa shape index (κ2) is 5.21. The van der Waals surface area contributed by atoms with Gasteiger partial charge >= 0.3 is 0 Å². The minimum Gasteiger partial charge on any atom is -0.383 e. The number of hydrogen-bond donors (Lipinski definition) is 0. The zero-order valence-corrected chi connectivity index (χ0v) is 8.29. The lowest BCUT2D eigenvalue weighted by atomic mass is 10.3. The van der Waals surface area contributed by atoms with Crippen molar-refractivity contribution in [3.63, 3.8) is 0 Å². The summed E-state index contributed by atoms with van der Waals surface area (Å²) >= 11 is 5.87. The van der Waals surface area contributed by atoms with Crippen LogP contribution in [0.15, 0.2) is 6.20 Å². The first-order chi connectivity index (χ1) is 6.65. The lowest BCUT2D eigenvalue weighted by Crippen LogP contribution is -2.14. The van der Waals surface area contributed by atoms with Crippen molar-refractivity contribution in [2.45, 2.75) is 18.3 Å². The summed E-state index contributed by atoms with van der Waals surface area (Å²) < 4.78 is 30.0. The number of hydrogen-bond acceptors (Lipinski definition) is 3. The maximum absolute atomic E-state index is 12.1. The number of ether oxygens (including phenoxy) is 1. The number of halogens is 3. The summed E-state index contributed by atoms with van der Waals surface area (Å²) in [5.41, 5.74) is 0.439. The molecule has 1 heterocycles. The Balaban J connectivity index is 2.70. The third-order valence-electron chi connectivity index (χ3n) is 1.59. The molecule has 0 aliphatic rings. The predicted molar refractivity (Wildman–Crippen MR) is 46.5 cm³/mol. The Kier molecular flexibility index (Phi) is 4.21. The molecule has 0 saturated carbocycles. The molecule has 1 unspecified atom stereocenters. The van der Waals surface area contributed by atoms with Gasteiger partial charge < -0.3 is 4.74 Å². The van der Waals surface area contributed by atoms with Gasteiger partial charge in [-0.05, 0) is 0 Å². The van der Waals surface area contributed by atoms with Gasteiger partial charge in [0.2, 0.25) is 0 Å². The van der Waals surface area contributed by atoms with Crippen LogP contribution in [0, 0.1) is 0 Å². The van der Waals surface area contributed by atoms with Crippen LogP contribution in [0.25, 0.3) is 0 Å². The van der Waals surface area contributed by atoms with E-state index < -0.39 is 18.3 Å². The van der Waals surface area contributed by atoms with Gasteiger partial charge in [-0.15, -0.1) is 16.7 Å². The van der Waals surface area contributed by atoms with E-state index in [0.29, 0.717) is 5.69 Å². The fourth-order valence-corrected chi connectivity index (χ4v) is 1.31. The normalized spacial score (nSPS) is 13.5. The highest BCUT2D eigenvalue weighted by Gasteiger charge is 2.16. The van der Waals surface area contributed by atoms with Gasteiger partial charge in [-0.3, -0.25) is 0 Å². The Morgan fingerprint density at radius 3 is 2.93 bits per heavy atom. The molecule has 0 saturated heterocycles. The van der Waals surface area contributed by atoms with Gasteiger partial charge in [-0.25, -0.2) is 13.5 Å². The van der Waals surface area contributed by atoms with Crippen LogP contribution in [0.3, 0.4) is 0 Å². The summed E-state index contributed by atoms with van der Waals surface area (Å²) in [6.07, 6.45) is -1.11. The smallest absolute Gasteiger partial charge is 0.257 e. The van der Waals surface area contributed by atoms with Gasteiger partial charge in [0.05, 0.1) is 18.5 Å². The quantitative estimate of drug-likeness (QED) is 0.713. The molecular formula is C7H10ClF2N3O. The van der Waals surface area contributed by atoms with E-state index in [1.54, 1.807) is 0 Å². The van der Waals surface area contributed by atoms with Crippen molar-refractivity contribution in [1.82, 2.24) is 15.0 Å². The van der Waals surface area contributed by atoms with Gasteiger partial charge in [0.15, 0.2) is 0 Å². The molecule has 1 atom stereocenters. The molecule has 0 aliphatic carbocycles. The zero-order valence-electron chi connectivity index (χ0n) is 7.53. The Labute approximate surface area is 84.8 Å². The molecule has 0 bridgehead atoms. The third-order valence-corrected chi connectivity index (χ3v) is 1.94. The Hall–Kier alpha value is -0.750. The van der Waals surface area contributed by atoms with E-state index in [0.717, 1.165) is 4.68 Å². The summed E-state index contributed by atoms with van der Waals surface area (Å²) in [6, 6.07) is 0. The number of rotatable bonds is 5. The third kappa shape index (κ3) is 2.88. The molecule has 0 amide bonds. The van der Waals surface area contributed by atoms with Crippen LogP contribution in [-0.4, -0.2) is 35.1 Å². The van der Waals surface area contributed by atoms with E-state index in [4.69, 9.17) is 16.3 Å². The van der Waals surface area contributed by atoms with Crippen LogP contribution < -0.4 is 0 Å². The monoisotopic (exact) mass is 225 g/mol. The number of nitrogens with zero attached hydrogens (tertiary/aromatic N) is 3. The average molecular weight is 226 g/mol. The van der Waals surface area contributed by atoms with Crippen LogP contribution in [0.2, 0.25) is 0 Å². The van der Waals surface area contributed by atoms with Gasteiger partial charge in [-0.2, -0.15) is 0 Å². The molecule has 1 aromatic rings. The first kappa shape index (κ1) is 11.3. The van der Waals surface area contributed by atoms with Crippen LogP contribution in [0.1, 0.15) is 11.1 Å². The first-order valence-corrected chi connectivity index (χ1v) is 4.38. The van der Waals surface area contributed by atoms with E-state index in [1.165, 1.54) is 13.3 Å². The fraction of sp³-hybridized carbons (Fsp3) is 0.714. The standard InChI is InChI=1S/C7H10ClF2N3O/c1-14-4-5(8)6-2-11-12-13(6)3-7(9)10/h2,5,7H,3-4H2,1H3. The SMILES string of the molecule is COCC(Cl)c1cnnn1CC(F)F. The second-order valence-corrected chi connectivity index (χ2v) is 3.18. The first-order valence-electron chi connectivity index (χ1n) is 3.94. The number of alkyl halides is 3. The van der Waals surface area contributed by atoms with Crippen molar-refractivity contribution in [2.75, 3.05) is 13.7 Å². The summed E-state index contributed by atoms with van der Waals surface area (Å²) in [4.78, 5) is 0. The van der Waals surface area contributed by atoms with E-state index in [9.17, 15) is 8.78 Å². The van der Waals surface area contributed by atoms with Crippen LogP contribution in [0.5, 0.6) is 0 Å². The number of methoxy groups -OCH3 is 1. The van der Waals surface area contributed by atoms with E-state index in [-0.39, 0.29) is 6.61 Å². The summed E-state index contributed by atoms with van der Waals surface area (Å²) in [6.45, 7) is -0.263. The van der Waals surface area contributed by atoms with Gasteiger partial charge in [0, 0.05) is 7.11 Å². The molecular weight excluding hydrogens is 216 g/mol. The minimum absolute atomic E-state index is 0.234. The molecule has 0 aliphatic heterocycles. The largest absolute Gasteiger partial charge is 0.383 e. The molecule has 1 rings (SSSR count). The molecule has 14 heavy (non-hydrogen) atoms. The van der Waals surface area contributed by atoms with Crippen LogP contribution in [0.4, 0.5) is 8.78 Å². The molecule has 1 aromatic heterocycles. The highest BCUT2D eigenvalue weighted by atomic mass is 35.5. The highest BCUT2D eigenvalue weighted by molar-refractivity contribution is 6.20. The van der Waals surface area contributed by atoms with Gasteiger partial charge in [-0.1, -0.05) is 5.21 Å². The van der Waals surface area contributed by atoms with E-state index in [2.05, 4.69) is 10.3 Å². The van der Waals surface area contributed by atoms with Crippen LogP contribution >= 0.6 is 11.6 Å². The lowest BCUT2D eigenvalue weighted by Gasteiger charge is -2.09. The van der Waals surface area contributed by atoms with E-state index >= 15 is 0 Å². The van der Waals surface area contributed by atoms with Crippen molar-refractivity contribution < 1.29 is 13.5 Å². The molecule has 0 aromatic carbocycles. The molecule has 4 nitrogen and oxygen atoms in total. The lowest BCUT2D eigenvalue weighted by molar-refractivity contribution is 0.118. The van der Waals surface area contributed by atoms with Crippen molar-refractivity contribution in [3.05, 3.63) is 11.9 Å². The summed E-state index contributed by atoms with van der Waals surface area (Å²) in [7, 11) is 1.48. The minimum atomic E-state index is -2.47. The topological polar surface area (TPSA) is 39.9 Å². The fourth-order valence-electron chi connectivity index (χ4n) is 1.01. The molecule has 0 radical (unpaired) electrons. The maximum Gasteiger partial charge on any atom is 0.257 e. The van der Waals surface area contributed by atoms with E-state index in [1.807, 2.05) is 0 Å². The van der Waals surface area contributed by atoms with Crippen molar-refractivity contribution in [2.24, 2.45) is 0 Å². The average Bonchev–Trinajstić information content (AvgIpc) is 2.51. The van der Waals surface area contributed by atoms with Crippen molar-refractivity contribution in [1.29, 1.82) is 0 Å². The summed E-state index contributed by atoms with van der Waals surface area (Å²) in [5.74, 6) is 0. The van der Waals surface area contributed by atoms with Gasteiger partial charge in [0.1, 0.15) is 11.9 Å². The second-order valence-electron chi connectivity index (χ2n) is 2.65. The number of aromatic nitrogens is 3. The Morgan fingerprint density at radius 1 is 1.64 bits per heavy atom. The highest BCUT2D eigenvalue weighted by Crippen LogP contribution is 2.19. The van der Waals surface area contributed by atoms with Crippen LogP contribution in [-0.2, 0) is 11.3 Å². The predicted octanol–water partition coefficient (Wildman–Crippen LogP) is 1.47. The van der Waals surface area contributed by atoms with Crippen molar-refractivity contribution >= 4 is 11.6 Å². The Bertz CT molecular complexity index is 282. The zero-order chi connectivity index (χ0) is 10.6. The molecule has 0 fully saturated rings. The molecule has 0 spiro atoms. The maximum atomic E-state index is 12.1. The van der Waals surface area contributed by atoms with Gasteiger partial charge in [0.25, 0.3) is 6.43 Å². The summed E-state index contributed by atoms with van der Waals surface area (Å²) in [5, 5.41) is 6.52. The molecule has 0 N–H and O–H groups in total.